The molecule has 44 heavy (non-hydrogen) atoms. The van der Waals surface area contributed by atoms with Gasteiger partial charge in [0, 0.05) is 22.3 Å². The van der Waals surface area contributed by atoms with Crippen molar-refractivity contribution in [3.63, 3.8) is 0 Å². The minimum atomic E-state index is 0.456. The highest BCUT2D eigenvalue weighted by Gasteiger charge is 2.13. The van der Waals surface area contributed by atoms with Crippen molar-refractivity contribution in [3.05, 3.63) is 157 Å². The van der Waals surface area contributed by atoms with Crippen LogP contribution in [-0.2, 0) is 0 Å². The number of hydrogen-bond donors (Lipinski definition) is 0. The van der Waals surface area contributed by atoms with Crippen LogP contribution >= 0.6 is 0 Å². The molecule has 6 aromatic carbocycles. The smallest absolute Gasteiger partial charge is 0.189 e. The topological polar surface area (TPSA) is 66.8 Å². The van der Waals surface area contributed by atoms with E-state index in [9.17, 15) is 5.26 Å². The summed E-state index contributed by atoms with van der Waals surface area (Å²) in [6, 6.07) is 48.2. The van der Waals surface area contributed by atoms with Crippen LogP contribution in [0, 0.1) is 17.9 Å². The fraction of sp³-hybridized carbons (Fsp3) is 0. The molecule has 0 N–H and O–H groups in total. The maximum absolute atomic E-state index is 9.42. The van der Waals surface area contributed by atoms with E-state index in [-0.39, 0.29) is 0 Å². The predicted octanol–water partition coefficient (Wildman–Crippen LogP) is 9.78. The first-order chi connectivity index (χ1) is 21.7. The van der Waals surface area contributed by atoms with Gasteiger partial charge in [-0.15, -0.1) is 0 Å². The molecule has 0 aliphatic heterocycles. The molecule has 5 heteroatoms. The molecular weight excluding hydrogens is 538 g/mol. The molecule has 7 rings (SSSR count). The summed E-state index contributed by atoms with van der Waals surface area (Å²) in [5, 5.41) is 11.6. The normalized spacial score (nSPS) is 10.7. The van der Waals surface area contributed by atoms with Crippen molar-refractivity contribution < 1.29 is 0 Å². The first-order valence-corrected chi connectivity index (χ1v) is 14.1. The van der Waals surface area contributed by atoms with E-state index >= 15 is 0 Å². The Kier molecular flexibility index (Phi) is 6.89. The molecule has 0 aliphatic carbocycles. The summed E-state index contributed by atoms with van der Waals surface area (Å²) in [5.41, 5.74) is 7.68. The zero-order valence-electron chi connectivity index (χ0n) is 23.5. The van der Waals surface area contributed by atoms with Gasteiger partial charge in [0.15, 0.2) is 23.2 Å². The molecule has 1 heterocycles. The number of nitriles is 1. The largest absolute Gasteiger partial charge is 0.238 e. The summed E-state index contributed by atoms with van der Waals surface area (Å²) >= 11 is 0. The third kappa shape index (κ3) is 5.30. The van der Waals surface area contributed by atoms with Crippen molar-refractivity contribution in [2.75, 3.05) is 0 Å². The zero-order chi connectivity index (χ0) is 29.9. The Balaban J connectivity index is 1.25. The maximum atomic E-state index is 9.42. The lowest BCUT2D eigenvalue weighted by atomic mass is 9.96. The van der Waals surface area contributed by atoms with E-state index in [1.807, 2.05) is 91.0 Å². The minimum absolute atomic E-state index is 0.456. The molecule has 0 aliphatic rings. The lowest BCUT2D eigenvalue weighted by Gasteiger charge is -2.10. The maximum Gasteiger partial charge on any atom is 0.189 e. The molecule has 0 unspecified atom stereocenters. The molecule has 0 atom stereocenters. The van der Waals surface area contributed by atoms with Gasteiger partial charge in [0.1, 0.15) is 0 Å². The average Bonchev–Trinajstić information content (AvgIpc) is 3.11. The van der Waals surface area contributed by atoms with Crippen LogP contribution in [0.3, 0.4) is 0 Å². The fourth-order valence-corrected chi connectivity index (χ4v) is 5.26. The Bertz CT molecular complexity index is 2140. The van der Waals surface area contributed by atoms with Crippen molar-refractivity contribution >= 4 is 16.5 Å². The molecule has 1 aromatic heterocycles. The van der Waals surface area contributed by atoms with E-state index in [0.29, 0.717) is 28.7 Å². The van der Waals surface area contributed by atoms with Crippen molar-refractivity contribution in [1.29, 1.82) is 5.26 Å². The number of fused-ring (bicyclic) bond motifs is 1. The SMILES string of the molecule is [C-]#[N+]c1cc(C#N)cc(-c2ccc3ccc(-c4ccc(-c5nc(-c6ccccc6)nc(-c6ccccc6)n5)cc4)cc3c2)c1. The van der Waals surface area contributed by atoms with Gasteiger partial charge in [-0.3, -0.25) is 0 Å². The summed E-state index contributed by atoms with van der Waals surface area (Å²) in [6.45, 7) is 7.40. The minimum Gasteiger partial charge on any atom is -0.238 e. The van der Waals surface area contributed by atoms with Gasteiger partial charge >= 0.3 is 0 Å². The van der Waals surface area contributed by atoms with Crippen LogP contribution in [0.4, 0.5) is 5.69 Å². The van der Waals surface area contributed by atoms with Gasteiger partial charge in [-0.05, 0) is 63.4 Å². The summed E-state index contributed by atoms with van der Waals surface area (Å²) in [6.07, 6.45) is 0. The molecule has 7 aromatic rings. The molecule has 0 saturated carbocycles. The Morgan fingerprint density at radius 2 is 0.932 bits per heavy atom. The first-order valence-electron chi connectivity index (χ1n) is 14.1. The quantitative estimate of drug-likeness (QED) is 0.196. The van der Waals surface area contributed by atoms with Gasteiger partial charge in [0.2, 0.25) is 0 Å². The standard InChI is InChI=1S/C39H23N5/c1-41-36-21-26(25-40)20-34(24-36)33-19-15-28-14-18-32(22-35(28)23-33)27-12-16-31(17-13-27)39-43-37(29-8-4-2-5-9-29)42-38(44-39)30-10-6-3-7-11-30/h2-24H. The Morgan fingerprint density at radius 1 is 0.455 bits per heavy atom. The number of nitrogens with zero attached hydrogens (tertiary/aromatic N) is 5. The van der Waals surface area contributed by atoms with Gasteiger partial charge in [-0.2, -0.15) is 5.26 Å². The van der Waals surface area contributed by atoms with Crippen LogP contribution in [-0.4, -0.2) is 15.0 Å². The summed E-state index contributed by atoms with van der Waals surface area (Å²) in [7, 11) is 0. The fourth-order valence-electron chi connectivity index (χ4n) is 5.26. The lowest BCUT2D eigenvalue weighted by molar-refractivity contribution is 1.07. The summed E-state index contributed by atoms with van der Waals surface area (Å²) in [4.78, 5) is 18.0. The van der Waals surface area contributed by atoms with Crippen LogP contribution in [0.2, 0.25) is 0 Å². The average molecular weight is 562 g/mol. The molecular formula is C39H23N5. The van der Waals surface area contributed by atoms with E-state index in [1.165, 1.54) is 0 Å². The van der Waals surface area contributed by atoms with E-state index in [1.54, 1.807) is 6.07 Å². The summed E-state index contributed by atoms with van der Waals surface area (Å²) < 4.78 is 0. The molecule has 0 amide bonds. The van der Waals surface area contributed by atoms with Crippen molar-refractivity contribution in [2.24, 2.45) is 0 Å². The van der Waals surface area contributed by atoms with E-state index in [0.717, 1.165) is 49.7 Å². The second kappa shape index (κ2) is 11.4. The van der Waals surface area contributed by atoms with Gasteiger partial charge < -0.3 is 0 Å². The van der Waals surface area contributed by atoms with Crippen LogP contribution in [0.15, 0.2) is 140 Å². The molecule has 204 valence electrons. The molecule has 0 saturated heterocycles. The van der Waals surface area contributed by atoms with Gasteiger partial charge in [-0.25, -0.2) is 19.8 Å². The molecule has 5 nitrogen and oxygen atoms in total. The number of rotatable bonds is 5. The van der Waals surface area contributed by atoms with Crippen molar-refractivity contribution in [3.8, 4) is 62.5 Å². The Hall–Kier alpha value is -6.43. The van der Waals surface area contributed by atoms with Gasteiger partial charge in [0.25, 0.3) is 0 Å². The second-order valence-electron chi connectivity index (χ2n) is 10.4. The first kappa shape index (κ1) is 26.5. The van der Waals surface area contributed by atoms with E-state index in [2.05, 4.69) is 53.4 Å². The monoisotopic (exact) mass is 561 g/mol. The highest BCUT2D eigenvalue weighted by Crippen LogP contribution is 2.32. The van der Waals surface area contributed by atoms with E-state index in [4.69, 9.17) is 21.5 Å². The number of hydrogen-bond acceptors (Lipinski definition) is 4. The predicted molar refractivity (Wildman–Crippen MR) is 175 cm³/mol. The Labute approximate surface area is 255 Å². The highest BCUT2D eigenvalue weighted by atomic mass is 15.0. The molecule has 0 fully saturated rings. The van der Waals surface area contributed by atoms with E-state index < -0.39 is 0 Å². The molecule has 0 bridgehead atoms. The van der Waals surface area contributed by atoms with Crippen molar-refractivity contribution in [1.82, 2.24) is 15.0 Å². The highest BCUT2D eigenvalue weighted by molar-refractivity contribution is 5.91. The third-order valence-corrected chi connectivity index (χ3v) is 7.53. The lowest BCUT2D eigenvalue weighted by Crippen LogP contribution is -2.00. The van der Waals surface area contributed by atoms with Gasteiger partial charge in [-0.1, -0.05) is 109 Å². The van der Waals surface area contributed by atoms with Crippen LogP contribution in [0.5, 0.6) is 0 Å². The van der Waals surface area contributed by atoms with Crippen LogP contribution < -0.4 is 0 Å². The number of benzene rings is 6. The molecule has 0 radical (unpaired) electrons. The van der Waals surface area contributed by atoms with Crippen LogP contribution in [0.1, 0.15) is 5.56 Å². The van der Waals surface area contributed by atoms with Crippen molar-refractivity contribution in [2.45, 2.75) is 0 Å². The van der Waals surface area contributed by atoms with Crippen LogP contribution in [0.25, 0.3) is 72.0 Å². The zero-order valence-corrected chi connectivity index (χ0v) is 23.5. The Morgan fingerprint density at radius 3 is 1.45 bits per heavy atom. The molecule has 0 spiro atoms. The third-order valence-electron chi connectivity index (χ3n) is 7.53. The number of aromatic nitrogens is 3. The second-order valence-corrected chi connectivity index (χ2v) is 10.4. The summed E-state index contributed by atoms with van der Waals surface area (Å²) in [5.74, 6) is 1.88. The van der Waals surface area contributed by atoms with Gasteiger partial charge in [0.05, 0.1) is 12.6 Å².